The van der Waals surface area contributed by atoms with E-state index in [1.165, 1.54) is 0 Å². The summed E-state index contributed by atoms with van der Waals surface area (Å²) in [6.07, 6.45) is 0.551. The van der Waals surface area contributed by atoms with E-state index in [-0.39, 0.29) is 12.2 Å². The summed E-state index contributed by atoms with van der Waals surface area (Å²) in [5, 5.41) is 13.9. The Morgan fingerprint density at radius 3 is 2.67 bits per heavy atom. The number of aliphatic hydroxyl groups is 1. The highest BCUT2D eigenvalue weighted by Crippen LogP contribution is 2.20. The molecule has 0 fully saturated rings. The summed E-state index contributed by atoms with van der Waals surface area (Å²) in [5.41, 5.74) is 3.25. The van der Waals surface area contributed by atoms with Crippen LogP contribution in [-0.2, 0) is 6.54 Å². The molecule has 0 atom stereocenters. The summed E-state index contributed by atoms with van der Waals surface area (Å²) in [5.74, 6) is 0.761. The van der Waals surface area contributed by atoms with E-state index in [4.69, 9.17) is 17.0 Å². The molecule has 0 aliphatic rings. The number of aliphatic hydroxyl groups excluding tert-OH is 1. The molecule has 3 rings (SSSR count). The van der Waals surface area contributed by atoms with Gasteiger partial charge in [0, 0.05) is 35.3 Å². The molecule has 30 heavy (non-hydrogen) atoms. The molecule has 0 aliphatic heterocycles. The minimum absolute atomic E-state index is 0.0510. The monoisotopic (exact) mass is 425 g/mol. The molecule has 158 valence electrons. The molecule has 1 heterocycles. The van der Waals surface area contributed by atoms with Gasteiger partial charge in [0.1, 0.15) is 5.75 Å². The van der Waals surface area contributed by atoms with Crippen molar-refractivity contribution in [3.63, 3.8) is 0 Å². The van der Waals surface area contributed by atoms with Crippen molar-refractivity contribution in [1.29, 1.82) is 0 Å². The van der Waals surface area contributed by atoms with Gasteiger partial charge in [0.2, 0.25) is 0 Å². The molecule has 0 radical (unpaired) electrons. The Morgan fingerprint density at radius 1 is 1.20 bits per heavy atom. The highest BCUT2D eigenvalue weighted by molar-refractivity contribution is 7.80. The quantitative estimate of drug-likeness (QED) is 0.477. The van der Waals surface area contributed by atoms with Crippen molar-refractivity contribution in [3.8, 4) is 5.75 Å². The number of aryl methyl sites for hydroxylation is 1. The molecule has 0 saturated heterocycles. The van der Waals surface area contributed by atoms with Crippen molar-refractivity contribution in [2.24, 2.45) is 0 Å². The van der Waals surface area contributed by atoms with Crippen LogP contribution in [0.3, 0.4) is 0 Å². The Morgan fingerprint density at radius 2 is 1.97 bits per heavy atom. The molecule has 7 heteroatoms. The molecule has 0 aliphatic carbocycles. The third-order valence-electron chi connectivity index (χ3n) is 4.74. The van der Waals surface area contributed by atoms with Crippen LogP contribution in [0.15, 0.2) is 53.3 Å². The first-order valence-corrected chi connectivity index (χ1v) is 10.4. The highest BCUT2D eigenvalue weighted by Gasteiger charge is 2.14. The third-order valence-corrected chi connectivity index (χ3v) is 5.10. The van der Waals surface area contributed by atoms with Crippen molar-refractivity contribution in [3.05, 3.63) is 70.0 Å². The topological polar surface area (TPSA) is 77.6 Å². The number of rotatable bonds is 8. The maximum absolute atomic E-state index is 12.6. The second kappa shape index (κ2) is 10.2. The first-order valence-electron chi connectivity index (χ1n) is 10.0. The molecule has 3 aromatic rings. The third kappa shape index (κ3) is 5.58. The fraction of sp³-hybridized carbons (Fsp3) is 0.304. The Labute approximate surface area is 181 Å². The SMILES string of the molecule is CCOc1ccc2[nH]c(=O)c(CN(CCCO)C(=S)Nc3ccc(C)cc3)cc2c1. The molecule has 0 unspecified atom stereocenters. The predicted octanol–water partition coefficient (Wildman–Crippen LogP) is 3.82. The van der Waals surface area contributed by atoms with E-state index in [1.54, 1.807) is 0 Å². The smallest absolute Gasteiger partial charge is 0.253 e. The number of hydrogen-bond acceptors (Lipinski definition) is 4. The number of H-pyrrole nitrogens is 1. The fourth-order valence-electron chi connectivity index (χ4n) is 3.16. The number of aromatic amines is 1. The molecular weight excluding hydrogens is 398 g/mol. The Kier molecular flexibility index (Phi) is 7.43. The van der Waals surface area contributed by atoms with Crippen LogP contribution in [0.5, 0.6) is 5.75 Å². The van der Waals surface area contributed by atoms with Crippen LogP contribution < -0.4 is 15.6 Å². The van der Waals surface area contributed by atoms with Gasteiger partial charge in [-0.05, 0) is 68.9 Å². The van der Waals surface area contributed by atoms with Crippen molar-refractivity contribution in [2.45, 2.75) is 26.8 Å². The summed E-state index contributed by atoms with van der Waals surface area (Å²) in [4.78, 5) is 17.5. The first-order chi connectivity index (χ1) is 14.5. The van der Waals surface area contributed by atoms with E-state index in [2.05, 4.69) is 10.3 Å². The summed E-state index contributed by atoms with van der Waals surface area (Å²) in [6, 6.07) is 15.4. The van der Waals surface area contributed by atoms with Gasteiger partial charge in [-0.3, -0.25) is 4.79 Å². The number of nitrogens with one attached hydrogen (secondary N) is 2. The number of anilines is 1. The number of aromatic nitrogens is 1. The Hall–Kier alpha value is -2.90. The van der Waals surface area contributed by atoms with Crippen LogP contribution in [-0.4, -0.2) is 39.9 Å². The normalized spacial score (nSPS) is 10.8. The minimum Gasteiger partial charge on any atom is -0.494 e. The van der Waals surface area contributed by atoms with Crippen LogP contribution >= 0.6 is 12.2 Å². The zero-order chi connectivity index (χ0) is 21.5. The van der Waals surface area contributed by atoms with Crippen molar-refractivity contribution in [1.82, 2.24) is 9.88 Å². The number of fused-ring (bicyclic) bond motifs is 1. The molecule has 6 nitrogen and oxygen atoms in total. The highest BCUT2D eigenvalue weighted by atomic mass is 32.1. The van der Waals surface area contributed by atoms with Gasteiger partial charge in [-0.2, -0.15) is 0 Å². The summed E-state index contributed by atoms with van der Waals surface area (Å²) in [6.45, 7) is 5.46. The minimum atomic E-state index is -0.154. The van der Waals surface area contributed by atoms with Gasteiger partial charge in [-0.15, -0.1) is 0 Å². The largest absolute Gasteiger partial charge is 0.494 e. The van der Waals surface area contributed by atoms with Gasteiger partial charge in [-0.25, -0.2) is 0 Å². The van der Waals surface area contributed by atoms with Crippen LogP contribution in [0.1, 0.15) is 24.5 Å². The van der Waals surface area contributed by atoms with Crippen molar-refractivity contribution in [2.75, 3.05) is 25.1 Å². The molecule has 0 bridgehead atoms. The number of thiocarbonyl (C=S) groups is 1. The Bertz CT molecular complexity index is 1060. The maximum Gasteiger partial charge on any atom is 0.253 e. The summed E-state index contributed by atoms with van der Waals surface area (Å²) in [7, 11) is 0. The number of benzene rings is 2. The second-order valence-corrected chi connectivity index (χ2v) is 7.49. The summed E-state index contributed by atoms with van der Waals surface area (Å²) >= 11 is 5.60. The molecular formula is C23H27N3O3S. The van der Waals surface area contributed by atoms with E-state index in [1.807, 2.05) is 67.3 Å². The van der Waals surface area contributed by atoms with E-state index >= 15 is 0 Å². The predicted molar refractivity (Wildman–Crippen MR) is 125 cm³/mol. The van der Waals surface area contributed by atoms with Gasteiger partial charge in [-0.1, -0.05) is 17.7 Å². The lowest BCUT2D eigenvalue weighted by molar-refractivity contribution is 0.265. The van der Waals surface area contributed by atoms with E-state index in [0.717, 1.165) is 27.9 Å². The number of ether oxygens (including phenoxy) is 1. The van der Waals surface area contributed by atoms with Crippen molar-refractivity contribution < 1.29 is 9.84 Å². The molecule has 1 aromatic heterocycles. The van der Waals surface area contributed by atoms with Crippen molar-refractivity contribution >= 4 is 33.9 Å². The average molecular weight is 426 g/mol. The number of nitrogens with zero attached hydrogens (tertiary/aromatic N) is 1. The Balaban J connectivity index is 1.84. The molecule has 0 saturated carbocycles. The maximum atomic E-state index is 12.6. The van der Waals surface area contributed by atoms with Crippen LogP contribution in [0.4, 0.5) is 5.69 Å². The zero-order valence-corrected chi connectivity index (χ0v) is 18.1. The summed E-state index contributed by atoms with van der Waals surface area (Å²) < 4.78 is 5.57. The fourth-order valence-corrected chi connectivity index (χ4v) is 3.44. The van der Waals surface area contributed by atoms with Gasteiger partial charge in [0.05, 0.1) is 13.2 Å². The van der Waals surface area contributed by atoms with E-state index < -0.39 is 0 Å². The van der Waals surface area contributed by atoms with Crippen LogP contribution in [0.25, 0.3) is 10.9 Å². The van der Waals surface area contributed by atoms with Gasteiger partial charge in [0.15, 0.2) is 5.11 Å². The standard InChI is InChI=1S/C23H27N3O3S/c1-3-29-20-9-10-21-17(14-20)13-18(22(28)25-21)15-26(11-4-12-27)23(30)24-19-7-5-16(2)6-8-19/h5-10,13-14,27H,3-4,11-12,15H2,1-2H3,(H,24,30)(H,25,28). The lowest BCUT2D eigenvalue weighted by Gasteiger charge is -2.25. The van der Waals surface area contributed by atoms with E-state index in [0.29, 0.717) is 36.8 Å². The lowest BCUT2D eigenvalue weighted by atomic mass is 10.1. The zero-order valence-electron chi connectivity index (χ0n) is 17.3. The molecule has 2 aromatic carbocycles. The molecule has 3 N–H and O–H groups in total. The second-order valence-electron chi connectivity index (χ2n) is 7.10. The van der Waals surface area contributed by atoms with Gasteiger partial charge >= 0.3 is 0 Å². The van der Waals surface area contributed by atoms with Gasteiger partial charge in [0.25, 0.3) is 5.56 Å². The molecule has 0 spiro atoms. The van der Waals surface area contributed by atoms with E-state index in [9.17, 15) is 9.90 Å². The lowest BCUT2D eigenvalue weighted by Crippen LogP contribution is -2.37. The van der Waals surface area contributed by atoms with Crippen LogP contribution in [0, 0.1) is 6.92 Å². The number of pyridine rings is 1. The first kappa shape index (κ1) is 21.8. The molecule has 0 amide bonds. The van der Waals surface area contributed by atoms with Gasteiger partial charge < -0.3 is 25.0 Å². The van der Waals surface area contributed by atoms with Crippen LogP contribution in [0.2, 0.25) is 0 Å². The number of hydrogen-bond donors (Lipinski definition) is 3. The average Bonchev–Trinajstić information content (AvgIpc) is 2.73.